The third-order valence-electron chi connectivity index (χ3n) is 5.20. The number of Topliss-reactive ketones (excluding diaryl/α,β-unsaturated/α-hetero) is 1. The predicted octanol–water partition coefficient (Wildman–Crippen LogP) is 4.22. The number of nitro groups is 1. The van der Waals surface area contributed by atoms with Gasteiger partial charge in [0.25, 0.3) is 17.4 Å². The Bertz CT molecular complexity index is 1170. The average molecular weight is 414 g/mol. The van der Waals surface area contributed by atoms with Crippen LogP contribution in [0.4, 0.5) is 5.69 Å². The van der Waals surface area contributed by atoms with E-state index in [9.17, 15) is 24.8 Å². The summed E-state index contributed by atoms with van der Waals surface area (Å²) in [6.45, 7) is 0.196. The van der Waals surface area contributed by atoms with Gasteiger partial charge < -0.3 is 10.0 Å². The van der Waals surface area contributed by atoms with Crippen LogP contribution < -0.4 is 0 Å². The zero-order chi connectivity index (χ0) is 22.0. The number of benzene rings is 3. The number of likely N-dealkylation sites (tertiary alicyclic amines) is 1. The molecule has 4 rings (SSSR count). The number of hydrogen-bond donors (Lipinski definition) is 1. The van der Waals surface area contributed by atoms with Gasteiger partial charge in [0.1, 0.15) is 5.76 Å². The number of aliphatic hydroxyl groups excluding tert-OH is 1. The summed E-state index contributed by atoms with van der Waals surface area (Å²) in [5.41, 5.74) is 1.58. The summed E-state index contributed by atoms with van der Waals surface area (Å²) in [6.07, 6.45) is 0. The smallest absolute Gasteiger partial charge is 0.295 e. The average Bonchev–Trinajstić information content (AvgIpc) is 3.05. The fraction of sp³-hybridized carbons (Fsp3) is 0.0833. The number of non-ortho nitro benzene ring substituents is 1. The van der Waals surface area contributed by atoms with E-state index >= 15 is 0 Å². The molecule has 0 radical (unpaired) electrons. The molecule has 3 aromatic carbocycles. The molecule has 154 valence electrons. The summed E-state index contributed by atoms with van der Waals surface area (Å²) in [5.74, 6) is -1.86. The molecule has 7 heteroatoms. The Hall–Kier alpha value is -4.26. The molecule has 1 fully saturated rings. The van der Waals surface area contributed by atoms with Crippen molar-refractivity contribution < 1.29 is 19.6 Å². The van der Waals surface area contributed by atoms with E-state index in [2.05, 4.69) is 0 Å². The van der Waals surface area contributed by atoms with Crippen molar-refractivity contribution in [3.05, 3.63) is 117 Å². The molecular weight excluding hydrogens is 396 g/mol. The van der Waals surface area contributed by atoms with E-state index < -0.39 is 22.7 Å². The largest absolute Gasteiger partial charge is 0.507 e. The summed E-state index contributed by atoms with van der Waals surface area (Å²) in [6, 6.07) is 22.7. The Labute approximate surface area is 178 Å². The fourth-order valence-corrected chi connectivity index (χ4v) is 3.70. The highest BCUT2D eigenvalue weighted by molar-refractivity contribution is 6.46. The lowest BCUT2D eigenvalue weighted by molar-refractivity contribution is -0.384. The highest BCUT2D eigenvalue weighted by Gasteiger charge is 2.46. The monoisotopic (exact) mass is 414 g/mol. The third kappa shape index (κ3) is 3.81. The van der Waals surface area contributed by atoms with Gasteiger partial charge in [0.05, 0.1) is 16.5 Å². The predicted molar refractivity (Wildman–Crippen MR) is 114 cm³/mol. The van der Waals surface area contributed by atoms with Crippen molar-refractivity contribution >= 4 is 23.1 Å². The van der Waals surface area contributed by atoms with Crippen molar-refractivity contribution in [2.75, 3.05) is 0 Å². The molecule has 0 saturated carbocycles. The maximum Gasteiger partial charge on any atom is 0.295 e. The zero-order valence-corrected chi connectivity index (χ0v) is 16.3. The first-order valence-electron chi connectivity index (χ1n) is 9.59. The van der Waals surface area contributed by atoms with Crippen LogP contribution >= 0.6 is 0 Å². The van der Waals surface area contributed by atoms with Crippen molar-refractivity contribution in [2.24, 2.45) is 0 Å². The van der Waals surface area contributed by atoms with E-state index in [1.165, 1.54) is 29.2 Å². The molecule has 0 aromatic heterocycles. The molecule has 1 saturated heterocycles. The van der Waals surface area contributed by atoms with E-state index in [0.717, 1.165) is 5.56 Å². The van der Waals surface area contributed by atoms with Crippen LogP contribution in [0.15, 0.2) is 90.5 Å². The van der Waals surface area contributed by atoms with E-state index in [0.29, 0.717) is 5.56 Å². The topological polar surface area (TPSA) is 101 Å². The Kier molecular flexibility index (Phi) is 5.32. The normalized spacial score (nSPS) is 17.7. The van der Waals surface area contributed by atoms with Crippen LogP contribution in [0.2, 0.25) is 0 Å². The lowest BCUT2D eigenvalue weighted by Crippen LogP contribution is -2.29. The Morgan fingerprint density at radius 3 is 2.06 bits per heavy atom. The molecule has 0 bridgehead atoms. The zero-order valence-electron chi connectivity index (χ0n) is 16.3. The number of nitrogens with zero attached hydrogens (tertiary/aromatic N) is 2. The Morgan fingerprint density at radius 1 is 0.903 bits per heavy atom. The molecule has 1 atom stereocenters. The van der Waals surface area contributed by atoms with Gasteiger partial charge in [-0.05, 0) is 23.3 Å². The van der Waals surface area contributed by atoms with Crippen LogP contribution in [0.5, 0.6) is 0 Å². The minimum Gasteiger partial charge on any atom is -0.507 e. The number of rotatable bonds is 5. The molecule has 1 aliphatic rings. The molecule has 1 unspecified atom stereocenters. The lowest BCUT2D eigenvalue weighted by Gasteiger charge is -2.25. The second kappa shape index (κ2) is 8.23. The fourth-order valence-electron chi connectivity index (χ4n) is 3.70. The van der Waals surface area contributed by atoms with Crippen molar-refractivity contribution in [3.8, 4) is 0 Å². The minimum atomic E-state index is -0.791. The summed E-state index contributed by atoms with van der Waals surface area (Å²) in [7, 11) is 0. The van der Waals surface area contributed by atoms with Gasteiger partial charge in [-0.1, -0.05) is 60.7 Å². The second-order valence-corrected chi connectivity index (χ2v) is 7.13. The van der Waals surface area contributed by atoms with E-state index in [4.69, 9.17) is 0 Å². The first-order valence-corrected chi connectivity index (χ1v) is 9.59. The number of carbonyl (C=O) groups excluding carboxylic acids is 2. The first-order chi connectivity index (χ1) is 15.0. The molecular formula is C24H18N2O5. The first kappa shape index (κ1) is 20.0. The van der Waals surface area contributed by atoms with Crippen LogP contribution in [-0.2, 0) is 16.1 Å². The summed E-state index contributed by atoms with van der Waals surface area (Å²) >= 11 is 0. The number of amides is 1. The summed E-state index contributed by atoms with van der Waals surface area (Å²) < 4.78 is 0. The van der Waals surface area contributed by atoms with Crippen LogP contribution in [0.1, 0.15) is 22.7 Å². The molecule has 0 spiro atoms. The molecule has 1 heterocycles. The number of aliphatic hydroxyl groups is 1. The van der Waals surface area contributed by atoms with E-state index in [1.54, 1.807) is 24.3 Å². The summed E-state index contributed by atoms with van der Waals surface area (Å²) in [4.78, 5) is 37.7. The van der Waals surface area contributed by atoms with Gasteiger partial charge in [-0.15, -0.1) is 0 Å². The van der Waals surface area contributed by atoms with Crippen molar-refractivity contribution in [1.29, 1.82) is 0 Å². The van der Waals surface area contributed by atoms with Gasteiger partial charge in [-0.2, -0.15) is 0 Å². The van der Waals surface area contributed by atoms with Gasteiger partial charge in [-0.25, -0.2) is 0 Å². The van der Waals surface area contributed by atoms with Crippen LogP contribution in [0.3, 0.4) is 0 Å². The number of hydrogen-bond acceptors (Lipinski definition) is 5. The SMILES string of the molecule is O=C1C(=O)N(Cc2ccccc2)C(c2ccccc2)/C1=C(\O)c1ccc([N+](=O)[O-])cc1. The number of ketones is 1. The summed E-state index contributed by atoms with van der Waals surface area (Å²) in [5, 5.41) is 21.9. The van der Waals surface area contributed by atoms with Gasteiger partial charge in [0, 0.05) is 24.2 Å². The Morgan fingerprint density at radius 2 is 1.48 bits per heavy atom. The lowest BCUT2D eigenvalue weighted by atomic mass is 9.95. The maximum absolute atomic E-state index is 13.0. The van der Waals surface area contributed by atoms with Gasteiger partial charge >= 0.3 is 0 Å². The third-order valence-corrected chi connectivity index (χ3v) is 5.20. The number of carbonyl (C=O) groups is 2. The minimum absolute atomic E-state index is 0.0408. The van der Waals surface area contributed by atoms with E-state index in [-0.39, 0.29) is 29.1 Å². The molecule has 1 N–H and O–H groups in total. The van der Waals surface area contributed by atoms with Crippen LogP contribution in [0, 0.1) is 10.1 Å². The highest BCUT2D eigenvalue weighted by Crippen LogP contribution is 2.40. The second-order valence-electron chi connectivity index (χ2n) is 7.13. The molecule has 7 nitrogen and oxygen atoms in total. The molecule has 3 aromatic rings. The van der Waals surface area contributed by atoms with E-state index in [1.807, 2.05) is 36.4 Å². The maximum atomic E-state index is 13.0. The quantitative estimate of drug-likeness (QED) is 0.222. The Balaban J connectivity index is 1.83. The van der Waals surface area contributed by atoms with Crippen molar-refractivity contribution in [2.45, 2.75) is 12.6 Å². The van der Waals surface area contributed by atoms with Gasteiger partial charge in [0.15, 0.2) is 0 Å². The van der Waals surface area contributed by atoms with Crippen molar-refractivity contribution in [1.82, 2.24) is 4.90 Å². The van der Waals surface area contributed by atoms with Gasteiger partial charge in [0.2, 0.25) is 0 Å². The van der Waals surface area contributed by atoms with Crippen LogP contribution in [0.25, 0.3) is 5.76 Å². The molecule has 0 aliphatic carbocycles. The highest BCUT2D eigenvalue weighted by atomic mass is 16.6. The van der Waals surface area contributed by atoms with Gasteiger partial charge in [-0.3, -0.25) is 19.7 Å². The molecule has 1 amide bonds. The van der Waals surface area contributed by atoms with Crippen molar-refractivity contribution in [3.63, 3.8) is 0 Å². The number of nitro benzene ring substituents is 1. The standard InChI is InChI=1S/C24H18N2O5/c27-22(18-11-13-19(14-12-18)26(30)31)20-21(17-9-5-2-6-10-17)25(24(29)23(20)28)15-16-7-3-1-4-8-16/h1-14,21,27H,15H2/b22-20+. The molecule has 31 heavy (non-hydrogen) atoms. The van der Waals surface area contributed by atoms with Crippen LogP contribution in [-0.4, -0.2) is 26.6 Å². The molecule has 1 aliphatic heterocycles.